The highest BCUT2D eigenvalue weighted by Gasteiger charge is 2.19. The summed E-state index contributed by atoms with van der Waals surface area (Å²) < 4.78 is 0. The van der Waals surface area contributed by atoms with Gasteiger partial charge in [0.25, 0.3) is 11.6 Å². The number of thiazole rings is 1. The zero-order valence-corrected chi connectivity index (χ0v) is 18.0. The van der Waals surface area contributed by atoms with Gasteiger partial charge >= 0.3 is 0 Å². The normalized spacial score (nSPS) is 10.6. The lowest BCUT2D eigenvalue weighted by Gasteiger charge is -2.03. The highest BCUT2D eigenvalue weighted by Crippen LogP contribution is 2.40. The van der Waals surface area contributed by atoms with E-state index in [1.165, 1.54) is 23.5 Å². The zero-order valence-electron chi connectivity index (χ0n) is 15.7. The minimum absolute atomic E-state index is 0.0146. The lowest BCUT2D eigenvalue weighted by molar-refractivity contribution is -0.384. The van der Waals surface area contributed by atoms with E-state index in [1.54, 1.807) is 48.5 Å². The summed E-state index contributed by atoms with van der Waals surface area (Å²) in [5.74, 6) is -0.378. The molecule has 3 aromatic carbocycles. The van der Waals surface area contributed by atoms with Crippen molar-refractivity contribution in [2.75, 3.05) is 5.32 Å². The van der Waals surface area contributed by atoms with E-state index in [-0.39, 0.29) is 11.6 Å². The Morgan fingerprint density at radius 1 is 0.935 bits per heavy atom. The van der Waals surface area contributed by atoms with Gasteiger partial charge in [0.05, 0.1) is 26.1 Å². The molecule has 9 heteroatoms. The SMILES string of the molecule is O=C(Nc1nc(-c2ccc([N+](=O)[O-])cc2)c(-c2ccc(Cl)cc2)s1)c1ccccc1Cl. The molecular formula is C22H13Cl2N3O3S. The second-order valence-electron chi connectivity index (χ2n) is 6.44. The number of anilines is 1. The van der Waals surface area contributed by atoms with Gasteiger partial charge in [-0.05, 0) is 42.0 Å². The van der Waals surface area contributed by atoms with E-state index in [9.17, 15) is 14.9 Å². The molecule has 154 valence electrons. The highest BCUT2D eigenvalue weighted by molar-refractivity contribution is 7.19. The molecule has 31 heavy (non-hydrogen) atoms. The minimum atomic E-state index is -0.458. The first-order chi connectivity index (χ1) is 14.9. The number of nitrogens with one attached hydrogen (secondary N) is 1. The Morgan fingerprint density at radius 3 is 2.23 bits per heavy atom. The van der Waals surface area contributed by atoms with Gasteiger partial charge in [-0.15, -0.1) is 0 Å². The van der Waals surface area contributed by atoms with Gasteiger partial charge in [-0.25, -0.2) is 4.98 Å². The number of rotatable bonds is 5. The standard InChI is InChI=1S/C22H13Cl2N3O3S/c23-15-9-5-14(6-10-15)20-19(13-7-11-16(12-8-13)27(29)30)25-22(31-20)26-21(28)17-3-1-2-4-18(17)24/h1-12H,(H,25,26,28). The van der Waals surface area contributed by atoms with Crippen molar-refractivity contribution in [3.05, 3.63) is 98.5 Å². The van der Waals surface area contributed by atoms with E-state index in [1.807, 2.05) is 12.1 Å². The smallest absolute Gasteiger partial charge is 0.269 e. The lowest BCUT2D eigenvalue weighted by atomic mass is 10.1. The van der Waals surface area contributed by atoms with Crippen LogP contribution in [0, 0.1) is 10.1 Å². The zero-order chi connectivity index (χ0) is 22.0. The Bertz CT molecular complexity index is 1270. The monoisotopic (exact) mass is 469 g/mol. The van der Waals surface area contributed by atoms with E-state index >= 15 is 0 Å². The first kappa shape index (κ1) is 21.0. The van der Waals surface area contributed by atoms with Crippen LogP contribution in [-0.4, -0.2) is 15.8 Å². The quantitative estimate of drug-likeness (QED) is 0.253. The molecule has 0 unspecified atom stereocenters. The van der Waals surface area contributed by atoms with Crippen LogP contribution in [-0.2, 0) is 0 Å². The maximum absolute atomic E-state index is 12.7. The second-order valence-corrected chi connectivity index (χ2v) is 8.28. The topological polar surface area (TPSA) is 85.1 Å². The summed E-state index contributed by atoms with van der Waals surface area (Å²) in [5, 5.41) is 15.1. The number of carbonyl (C=O) groups is 1. The van der Waals surface area contributed by atoms with Crippen LogP contribution in [0.1, 0.15) is 10.4 Å². The molecule has 6 nitrogen and oxygen atoms in total. The number of benzene rings is 3. The molecule has 0 saturated carbocycles. The summed E-state index contributed by atoms with van der Waals surface area (Å²) in [6, 6.07) is 20.1. The summed E-state index contributed by atoms with van der Waals surface area (Å²) >= 11 is 13.4. The summed E-state index contributed by atoms with van der Waals surface area (Å²) in [7, 11) is 0. The fraction of sp³-hybridized carbons (Fsp3) is 0. The third-order valence-corrected chi connectivity index (χ3v) is 6.03. The van der Waals surface area contributed by atoms with Gasteiger partial charge in [0, 0.05) is 22.7 Å². The van der Waals surface area contributed by atoms with Gasteiger partial charge in [-0.1, -0.05) is 58.8 Å². The van der Waals surface area contributed by atoms with Crippen LogP contribution in [0.25, 0.3) is 21.7 Å². The Labute approximate surface area is 191 Å². The Balaban J connectivity index is 1.75. The Kier molecular flexibility index (Phi) is 5.99. The molecule has 0 atom stereocenters. The Morgan fingerprint density at radius 2 is 1.58 bits per heavy atom. The molecule has 0 aliphatic rings. The van der Waals surface area contributed by atoms with Crippen molar-refractivity contribution >= 4 is 51.3 Å². The van der Waals surface area contributed by atoms with Crippen molar-refractivity contribution in [2.45, 2.75) is 0 Å². The molecule has 1 amide bonds. The molecule has 4 aromatic rings. The highest BCUT2D eigenvalue weighted by atomic mass is 35.5. The van der Waals surface area contributed by atoms with Crippen LogP contribution in [0.2, 0.25) is 10.0 Å². The molecule has 0 fully saturated rings. The first-order valence-electron chi connectivity index (χ1n) is 9.00. The third-order valence-electron chi connectivity index (χ3n) is 4.42. The fourth-order valence-corrected chi connectivity index (χ4v) is 4.25. The van der Waals surface area contributed by atoms with E-state index < -0.39 is 4.92 Å². The van der Waals surface area contributed by atoms with Gasteiger partial charge in [-0.2, -0.15) is 0 Å². The van der Waals surface area contributed by atoms with Gasteiger partial charge in [0.15, 0.2) is 5.13 Å². The number of nitrogens with zero attached hydrogens (tertiary/aromatic N) is 2. The van der Waals surface area contributed by atoms with Crippen LogP contribution < -0.4 is 5.32 Å². The molecule has 0 radical (unpaired) electrons. The summed E-state index contributed by atoms with van der Waals surface area (Å²) in [5.41, 5.74) is 2.46. The Hall–Kier alpha value is -3.26. The average molecular weight is 470 g/mol. The summed E-state index contributed by atoms with van der Waals surface area (Å²) in [4.78, 5) is 28.6. The predicted octanol–water partition coefficient (Wildman–Crippen LogP) is 6.94. The molecule has 0 aliphatic carbocycles. The maximum atomic E-state index is 12.7. The molecular weight excluding hydrogens is 457 g/mol. The maximum Gasteiger partial charge on any atom is 0.269 e. The van der Waals surface area contributed by atoms with E-state index in [4.69, 9.17) is 23.2 Å². The van der Waals surface area contributed by atoms with Crippen molar-refractivity contribution in [3.63, 3.8) is 0 Å². The number of hydrogen-bond acceptors (Lipinski definition) is 5. The molecule has 4 rings (SSSR count). The van der Waals surface area contributed by atoms with Crippen LogP contribution in [0.15, 0.2) is 72.8 Å². The summed E-state index contributed by atoms with van der Waals surface area (Å²) in [6.07, 6.45) is 0. The number of nitro groups is 1. The van der Waals surface area contributed by atoms with Crippen molar-refractivity contribution in [3.8, 4) is 21.7 Å². The lowest BCUT2D eigenvalue weighted by Crippen LogP contribution is -2.12. The third kappa shape index (κ3) is 4.59. The van der Waals surface area contributed by atoms with E-state index in [0.717, 1.165) is 10.4 Å². The first-order valence-corrected chi connectivity index (χ1v) is 10.6. The van der Waals surface area contributed by atoms with Crippen molar-refractivity contribution in [2.24, 2.45) is 0 Å². The number of non-ortho nitro benzene ring substituents is 1. The van der Waals surface area contributed by atoms with E-state index in [2.05, 4.69) is 10.3 Å². The van der Waals surface area contributed by atoms with Crippen LogP contribution >= 0.6 is 34.5 Å². The van der Waals surface area contributed by atoms with Gasteiger partial charge < -0.3 is 0 Å². The molecule has 0 bridgehead atoms. The number of halogens is 2. The van der Waals surface area contributed by atoms with Crippen LogP contribution in [0.5, 0.6) is 0 Å². The molecule has 1 aromatic heterocycles. The van der Waals surface area contributed by atoms with E-state index in [0.29, 0.717) is 32.0 Å². The molecule has 0 saturated heterocycles. The predicted molar refractivity (Wildman–Crippen MR) is 124 cm³/mol. The van der Waals surface area contributed by atoms with Crippen molar-refractivity contribution < 1.29 is 9.72 Å². The average Bonchev–Trinajstić information content (AvgIpc) is 3.18. The minimum Gasteiger partial charge on any atom is -0.298 e. The second kappa shape index (κ2) is 8.85. The van der Waals surface area contributed by atoms with Gasteiger partial charge in [0.1, 0.15) is 0 Å². The fourth-order valence-electron chi connectivity index (χ4n) is 2.92. The van der Waals surface area contributed by atoms with Gasteiger partial charge in [0.2, 0.25) is 0 Å². The number of nitro benzene ring substituents is 1. The van der Waals surface area contributed by atoms with Crippen LogP contribution in [0.3, 0.4) is 0 Å². The van der Waals surface area contributed by atoms with Crippen molar-refractivity contribution in [1.82, 2.24) is 4.98 Å². The number of carbonyl (C=O) groups excluding carboxylic acids is 1. The van der Waals surface area contributed by atoms with Crippen molar-refractivity contribution in [1.29, 1.82) is 0 Å². The molecule has 1 N–H and O–H groups in total. The molecule has 0 aliphatic heterocycles. The van der Waals surface area contributed by atoms with Crippen LogP contribution in [0.4, 0.5) is 10.8 Å². The molecule has 1 heterocycles. The molecule has 0 spiro atoms. The largest absolute Gasteiger partial charge is 0.298 e. The number of hydrogen-bond donors (Lipinski definition) is 1. The number of aromatic nitrogens is 1. The number of amides is 1. The van der Waals surface area contributed by atoms with Gasteiger partial charge in [-0.3, -0.25) is 20.2 Å². The summed E-state index contributed by atoms with van der Waals surface area (Å²) in [6.45, 7) is 0.